The van der Waals surface area contributed by atoms with Gasteiger partial charge in [-0.3, -0.25) is 4.99 Å². The quantitative estimate of drug-likeness (QED) is 0.728. The third-order valence-corrected chi connectivity index (χ3v) is 4.57. The van der Waals surface area contributed by atoms with E-state index in [1.54, 1.807) is 11.1 Å². The van der Waals surface area contributed by atoms with E-state index < -0.39 is 11.9 Å². The molecule has 0 spiro atoms. The van der Waals surface area contributed by atoms with E-state index in [0.29, 0.717) is 23.6 Å². The van der Waals surface area contributed by atoms with Gasteiger partial charge in [-0.2, -0.15) is 0 Å². The fourth-order valence-corrected chi connectivity index (χ4v) is 3.38. The van der Waals surface area contributed by atoms with Gasteiger partial charge in [-0.05, 0) is 42.2 Å². The summed E-state index contributed by atoms with van der Waals surface area (Å²) in [6.07, 6.45) is 7.99. The minimum atomic E-state index is -1.26. The Labute approximate surface area is 147 Å². The second-order valence-electron chi connectivity index (χ2n) is 6.83. The van der Waals surface area contributed by atoms with Gasteiger partial charge in [0, 0.05) is 18.2 Å². The largest absolute Gasteiger partial charge is 0.478 e. The average Bonchev–Trinajstić information content (AvgIpc) is 3.05. The van der Waals surface area contributed by atoms with Crippen molar-refractivity contribution in [1.82, 2.24) is 5.32 Å². The molecule has 1 aromatic carbocycles. The maximum absolute atomic E-state index is 9.55. The van der Waals surface area contributed by atoms with Crippen LogP contribution in [0.3, 0.4) is 0 Å². The summed E-state index contributed by atoms with van der Waals surface area (Å²) in [5.41, 5.74) is 3.56. The smallest absolute Gasteiger partial charge is 0.328 e. The number of aliphatic imine (C=N–C) groups is 1. The van der Waals surface area contributed by atoms with Crippen LogP contribution in [0.15, 0.2) is 41.4 Å². The first-order chi connectivity index (χ1) is 11.9. The Bertz CT molecular complexity index is 660. The topological polar surface area (TPSA) is 99.0 Å². The molecule has 134 valence electrons. The molecule has 0 saturated carbocycles. The van der Waals surface area contributed by atoms with Crippen LogP contribution in [0.1, 0.15) is 30.9 Å². The van der Waals surface area contributed by atoms with E-state index in [1.807, 2.05) is 6.34 Å². The number of hydrogen-bond donors (Lipinski definition) is 3. The van der Waals surface area contributed by atoms with Crippen molar-refractivity contribution in [2.45, 2.75) is 38.6 Å². The molecule has 0 bridgehead atoms. The highest BCUT2D eigenvalue weighted by Gasteiger charge is 2.32. The summed E-state index contributed by atoms with van der Waals surface area (Å²) in [5, 5.41) is 19.0. The van der Waals surface area contributed by atoms with Gasteiger partial charge in [0.25, 0.3) is 0 Å². The van der Waals surface area contributed by atoms with Crippen molar-refractivity contribution in [2.24, 2.45) is 10.4 Å². The summed E-state index contributed by atoms with van der Waals surface area (Å²) in [5.74, 6) is -2.51. The summed E-state index contributed by atoms with van der Waals surface area (Å²) < 4.78 is 0. The van der Waals surface area contributed by atoms with Crippen molar-refractivity contribution >= 4 is 18.3 Å². The predicted molar refractivity (Wildman–Crippen MR) is 95.9 cm³/mol. The maximum Gasteiger partial charge on any atom is 0.328 e. The Morgan fingerprint density at radius 1 is 1.24 bits per heavy atom. The fourth-order valence-electron chi connectivity index (χ4n) is 3.38. The zero-order valence-electron chi connectivity index (χ0n) is 14.3. The summed E-state index contributed by atoms with van der Waals surface area (Å²) in [7, 11) is 0. The Morgan fingerprint density at radius 3 is 2.44 bits per heavy atom. The molecular weight excluding hydrogens is 320 g/mol. The van der Waals surface area contributed by atoms with Crippen molar-refractivity contribution in [3.8, 4) is 0 Å². The lowest BCUT2D eigenvalue weighted by Gasteiger charge is -2.36. The number of nitrogens with zero attached hydrogens (tertiary/aromatic N) is 1. The predicted octanol–water partition coefficient (Wildman–Crippen LogP) is 2.28. The standard InChI is InChI=1S/C15H20N2.C4H4O4/c1-15(9-14-10-16-11-17-14)7-6-12-4-2-3-5-13(12)8-15;5-3(6)1-2-4(7)8/h2-5,11,14H,6-10H2,1H3,(H,16,17);1-2H,(H,5,6)(H,7,8)/b;2-1+. The van der Waals surface area contributed by atoms with E-state index in [1.165, 1.54) is 25.7 Å². The molecule has 1 heterocycles. The summed E-state index contributed by atoms with van der Waals surface area (Å²) in [6.45, 7) is 3.39. The van der Waals surface area contributed by atoms with Gasteiger partial charge in [-0.25, -0.2) is 9.59 Å². The van der Waals surface area contributed by atoms with E-state index >= 15 is 0 Å². The van der Waals surface area contributed by atoms with Crippen molar-refractivity contribution in [3.63, 3.8) is 0 Å². The van der Waals surface area contributed by atoms with Crippen LogP contribution in [0.2, 0.25) is 0 Å². The summed E-state index contributed by atoms with van der Waals surface area (Å²) in [6, 6.07) is 9.47. The Balaban J connectivity index is 0.000000242. The Morgan fingerprint density at radius 2 is 1.88 bits per heavy atom. The minimum absolute atomic E-state index is 0.444. The van der Waals surface area contributed by atoms with E-state index in [0.717, 1.165) is 6.54 Å². The van der Waals surface area contributed by atoms with Crippen molar-refractivity contribution in [2.75, 3.05) is 6.54 Å². The SMILES string of the molecule is CC1(CC2CN=CN2)CCc2ccccc2C1.O=C(O)/C=C/C(=O)O. The number of rotatable bonds is 4. The first kappa shape index (κ1) is 18.7. The first-order valence-corrected chi connectivity index (χ1v) is 8.33. The van der Waals surface area contributed by atoms with Crippen LogP contribution in [0.5, 0.6) is 0 Å². The molecule has 0 amide bonds. The van der Waals surface area contributed by atoms with Crippen molar-refractivity contribution < 1.29 is 19.8 Å². The van der Waals surface area contributed by atoms with E-state index in [2.05, 4.69) is 41.5 Å². The third-order valence-electron chi connectivity index (χ3n) is 4.57. The number of carboxylic acid groups (broad SMARTS) is 2. The van der Waals surface area contributed by atoms with Crippen LogP contribution in [0.4, 0.5) is 0 Å². The second kappa shape index (κ2) is 8.46. The van der Waals surface area contributed by atoms with Crippen LogP contribution >= 0.6 is 0 Å². The molecule has 3 rings (SSSR count). The van der Waals surface area contributed by atoms with Crippen LogP contribution in [0, 0.1) is 5.41 Å². The summed E-state index contributed by atoms with van der Waals surface area (Å²) >= 11 is 0. The molecule has 0 aromatic heterocycles. The highest BCUT2D eigenvalue weighted by molar-refractivity contribution is 5.89. The van der Waals surface area contributed by atoms with Gasteiger partial charge in [-0.15, -0.1) is 0 Å². The van der Waals surface area contributed by atoms with Gasteiger partial charge < -0.3 is 15.5 Å². The lowest BCUT2D eigenvalue weighted by molar-refractivity contribution is -0.134. The molecule has 2 atom stereocenters. The fraction of sp³-hybridized carbons (Fsp3) is 0.421. The van der Waals surface area contributed by atoms with Crippen LogP contribution < -0.4 is 5.32 Å². The Kier molecular flexibility index (Phi) is 6.33. The number of fused-ring (bicyclic) bond motifs is 1. The molecular formula is C19H24N2O4. The maximum atomic E-state index is 9.55. The molecule has 1 aliphatic carbocycles. The number of carboxylic acids is 2. The normalized spacial score (nSPS) is 24.1. The lowest BCUT2D eigenvalue weighted by atomic mass is 9.69. The molecule has 3 N–H and O–H groups in total. The number of hydrogen-bond acceptors (Lipinski definition) is 4. The molecule has 2 unspecified atom stereocenters. The highest BCUT2D eigenvalue weighted by atomic mass is 16.4. The molecule has 1 aliphatic heterocycles. The number of nitrogens with one attached hydrogen (secondary N) is 1. The molecule has 25 heavy (non-hydrogen) atoms. The zero-order chi connectivity index (χ0) is 18.3. The van der Waals surface area contributed by atoms with E-state index in [4.69, 9.17) is 10.2 Å². The van der Waals surface area contributed by atoms with Crippen LogP contribution in [-0.2, 0) is 22.4 Å². The van der Waals surface area contributed by atoms with Gasteiger partial charge >= 0.3 is 11.9 Å². The third kappa shape index (κ3) is 6.06. The minimum Gasteiger partial charge on any atom is -0.478 e. The zero-order valence-corrected chi connectivity index (χ0v) is 14.3. The molecule has 1 aromatic rings. The van der Waals surface area contributed by atoms with Gasteiger partial charge in [0.2, 0.25) is 0 Å². The van der Waals surface area contributed by atoms with Crippen LogP contribution in [0.25, 0.3) is 0 Å². The number of carbonyl (C=O) groups is 2. The van der Waals surface area contributed by atoms with Gasteiger partial charge in [0.05, 0.1) is 12.9 Å². The Hall–Kier alpha value is -2.63. The van der Waals surface area contributed by atoms with Crippen LogP contribution in [-0.4, -0.2) is 41.1 Å². The van der Waals surface area contributed by atoms with E-state index in [-0.39, 0.29) is 0 Å². The molecule has 0 fully saturated rings. The molecule has 0 radical (unpaired) electrons. The monoisotopic (exact) mass is 344 g/mol. The van der Waals surface area contributed by atoms with Gasteiger partial charge in [0.1, 0.15) is 0 Å². The van der Waals surface area contributed by atoms with Gasteiger partial charge in [-0.1, -0.05) is 31.2 Å². The average molecular weight is 344 g/mol. The molecule has 2 aliphatic rings. The number of aryl methyl sites for hydroxylation is 1. The first-order valence-electron chi connectivity index (χ1n) is 8.33. The van der Waals surface area contributed by atoms with Gasteiger partial charge in [0.15, 0.2) is 0 Å². The molecule has 6 heteroatoms. The lowest BCUT2D eigenvalue weighted by Crippen LogP contribution is -2.35. The van der Waals surface area contributed by atoms with Crippen molar-refractivity contribution in [3.05, 3.63) is 47.5 Å². The second-order valence-corrected chi connectivity index (χ2v) is 6.83. The van der Waals surface area contributed by atoms with E-state index in [9.17, 15) is 9.59 Å². The summed E-state index contributed by atoms with van der Waals surface area (Å²) in [4.78, 5) is 23.4. The molecule has 0 saturated heterocycles. The number of aliphatic carboxylic acids is 2. The number of benzene rings is 1. The van der Waals surface area contributed by atoms with Crippen molar-refractivity contribution in [1.29, 1.82) is 0 Å². The highest BCUT2D eigenvalue weighted by Crippen LogP contribution is 2.38. The molecule has 6 nitrogen and oxygen atoms in total.